The summed E-state index contributed by atoms with van der Waals surface area (Å²) in [5.41, 5.74) is 0. The zero-order valence-electron chi connectivity index (χ0n) is 13.8. The number of carbonyl (C=O) groups is 1. The smallest absolute Gasteiger partial charge is 0.221 e. The van der Waals surface area contributed by atoms with Gasteiger partial charge in [-0.25, -0.2) is 0 Å². The van der Waals surface area contributed by atoms with Crippen molar-refractivity contribution in [3.05, 3.63) is 24.3 Å². The standard InChI is InChI=1S/C19H33ClO/c1-2-3-4-5-6-7-8-9-10-11-12-13-14-15-16-17-18-19(20)21/h6-7,9-10H,2-5,8,11-18H2,1H3/b7-6+,10-9+. The quantitative estimate of drug-likeness (QED) is 0.181. The van der Waals surface area contributed by atoms with E-state index >= 15 is 0 Å². The molecular weight excluding hydrogens is 280 g/mol. The Kier molecular flexibility index (Phi) is 17.0. The van der Waals surface area contributed by atoms with Crippen LogP contribution in [0.25, 0.3) is 0 Å². The van der Waals surface area contributed by atoms with Crippen LogP contribution >= 0.6 is 11.6 Å². The van der Waals surface area contributed by atoms with E-state index in [0.29, 0.717) is 6.42 Å². The van der Waals surface area contributed by atoms with Gasteiger partial charge in [-0.2, -0.15) is 0 Å². The van der Waals surface area contributed by atoms with Gasteiger partial charge in [-0.3, -0.25) is 4.79 Å². The molecule has 21 heavy (non-hydrogen) atoms. The second-order valence-corrected chi connectivity index (χ2v) is 6.11. The molecule has 1 nitrogen and oxygen atoms in total. The molecule has 0 amide bonds. The van der Waals surface area contributed by atoms with Gasteiger partial charge in [-0.05, 0) is 50.1 Å². The number of allylic oxidation sites excluding steroid dienone is 4. The van der Waals surface area contributed by atoms with Gasteiger partial charge in [0.1, 0.15) is 0 Å². The summed E-state index contributed by atoms with van der Waals surface area (Å²) in [5.74, 6) is 0. The molecule has 0 radical (unpaired) electrons. The van der Waals surface area contributed by atoms with E-state index in [1.54, 1.807) is 0 Å². The van der Waals surface area contributed by atoms with E-state index in [0.717, 1.165) is 19.3 Å². The van der Waals surface area contributed by atoms with E-state index in [-0.39, 0.29) is 5.24 Å². The average molecular weight is 313 g/mol. The normalized spacial score (nSPS) is 11.7. The van der Waals surface area contributed by atoms with Crippen LogP contribution in [-0.4, -0.2) is 5.24 Å². The number of unbranched alkanes of at least 4 members (excludes halogenated alkanes) is 9. The molecule has 0 aromatic heterocycles. The summed E-state index contributed by atoms with van der Waals surface area (Å²) >= 11 is 5.29. The number of rotatable bonds is 15. The van der Waals surface area contributed by atoms with E-state index < -0.39 is 0 Å². The molecular formula is C19H33ClO. The largest absolute Gasteiger partial charge is 0.281 e. The predicted molar refractivity (Wildman–Crippen MR) is 94.8 cm³/mol. The maximum Gasteiger partial charge on any atom is 0.221 e. The Morgan fingerprint density at radius 1 is 0.762 bits per heavy atom. The van der Waals surface area contributed by atoms with Crippen molar-refractivity contribution in [2.75, 3.05) is 0 Å². The van der Waals surface area contributed by atoms with Gasteiger partial charge >= 0.3 is 0 Å². The van der Waals surface area contributed by atoms with Crippen molar-refractivity contribution in [1.82, 2.24) is 0 Å². The molecule has 0 spiro atoms. The minimum absolute atomic E-state index is 0.195. The highest BCUT2D eigenvalue weighted by Crippen LogP contribution is 2.10. The highest BCUT2D eigenvalue weighted by molar-refractivity contribution is 6.63. The van der Waals surface area contributed by atoms with E-state index in [2.05, 4.69) is 31.2 Å². The van der Waals surface area contributed by atoms with E-state index in [9.17, 15) is 4.79 Å². The summed E-state index contributed by atoms with van der Waals surface area (Å²) in [6, 6.07) is 0. The van der Waals surface area contributed by atoms with Gasteiger partial charge < -0.3 is 0 Å². The molecule has 0 aromatic carbocycles. The number of halogens is 1. The molecule has 0 rings (SSSR count). The Morgan fingerprint density at radius 3 is 1.86 bits per heavy atom. The van der Waals surface area contributed by atoms with Gasteiger partial charge in [-0.1, -0.05) is 69.8 Å². The van der Waals surface area contributed by atoms with Crippen molar-refractivity contribution >= 4 is 16.8 Å². The highest BCUT2D eigenvalue weighted by atomic mass is 35.5. The number of carbonyl (C=O) groups excluding carboxylic acids is 1. The minimum atomic E-state index is -0.195. The molecule has 0 aromatic rings. The maximum absolute atomic E-state index is 10.5. The average Bonchev–Trinajstić information content (AvgIpc) is 2.46. The molecule has 0 unspecified atom stereocenters. The lowest BCUT2D eigenvalue weighted by Gasteiger charge is -1.99. The molecule has 0 heterocycles. The molecule has 0 fully saturated rings. The van der Waals surface area contributed by atoms with E-state index in [4.69, 9.17) is 11.6 Å². The van der Waals surface area contributed by atoms with Crippen LogP contribution in [0.3, 0.4) is 0 Å². The zero-order valence-corrected chi connectivity index (χ0v) is 14.5. The first-order valence-corrected chi connectivity index (χ1v) is 9.13. The van der Waals surface area contributed by atoms with Gasteiger partial charge in [-0.15, -0.1) is 0 Å². The number of hydrogen-bond donors (Lipinski definition) is 0. The molecule has 0 aliphatic carbocycles. The maximum atomic E-state index is 10.5. The summed E-state index contributed by atoms with van der Waals surface area (Å²) in [6.45, 7) is 2.24. The second kappa shape index (κ2) is 17.5. The van der Waals surface area contributed by atoms with Crippen molar-refractivity contribution < 1.29 is 4.79 Å². The molecule has 0 saturated carbocycles. The van der Waals surface area contributed by atoms with Crippen LogP contribution in [0, 0.1) is 0 Å². The summed E-state index contributed by atoms with van der Waals surface area (Å²) in [5, 5.41) is -0.195. The Labute approximate surface area is 136 Å². The van der Waals surface area contributed by atoms with Crippen molar-refractivity contribution in [3.8, 4) is 0 Å². The number of hydrogen-bond acceptors (Lipinski definition) is 1. The monoisotopic (exact) mass is 312 g/mol. The molecule has 2 heteroatoms. The third-order valence-electron chi connectivity index (χ3n) is 3.57. The fourth-order valence-electron chi connectivity index (χ4n) is 2.25. The molecule has 0 bridgehead atoms. The summed E-state index contributed by atoms with van der Waals surface area (Å²) in [4.78, 5) is 10.5. The zero-order chi connectivity index (χ0) is 15.6. The Balaban J connectivity index is 3.16. The third kappa shape index (κ3) is 19.4. The fourth-order valence-corrected chi connectivity index (χ4v) is 2.39. The van der Waals surface area contributed by atoms with Gasteiger partial charge in [0.05, 0.1) is 0 Å². The Bertz CT molecular complexity index is 281. The van der Waals surface area contributed by atoms with Gasteiger partial charge in [0.15, 0.2) is 0 Å². The van der Waals surface area contributed by atoms with Crippen molar-refractivity contribution in [2.45, 2.75) is 90.4 Å². The second-order valence-electron chi connectivity index (χ2n) is 5.69. The van der Waals surface area contributed by atoms with Crippen LogP contribution in [0.5, 0.6) is 0 Å². The van der Waals surface area contributed by atoms with E-state index in [1.165, 1.54) is 57.8 Å². The Hall–Kier alpha value is -0.560. The lowest BCUT2D eigenvalue weighted by molar-refractivity contribution is -0.111. The van der Waals surface area contributed by atoms with Crippen molar-refractivity contribution in [3.63, 3.8) is 0 Å². The predicted octanol–water partition coefficient (Wildman–Crippen LogP) is 6.96. The molecule has 0 atom stereocenters. The third-order valence-corrected chi connectivity index (χ3v) is 3.76. The summed E-state index contributed by atoms with van der Waals surface area (Å²) in [6.07, 6.45) is 24.4. The molecule has 0 aliphatic heterocycles. The van der Waals surface area contributed by atoms with Crippen LogP contribution in [0.2, 0.25) is 0 Å². The van der Waals surface area contributed by atoms with Crippen molar-refractivity contribution in [1.29, 1.82) is 0 Å². The molecule has 0 aliphatic rings. The van der Waals surface area contributed by atoms with Gasteiger partial charge in [0.25, 0.3) is 0 Å². The van der Waals surface area contributed by atoms with Gasteiger partial charge in [0, 0.05) is 6.42 Å². The van der Waals surface area contributed by atoms with Crippen LogP contribution in [0.15, 0.2) is 24.3 Å². The van der Waals surface area contributed by atoms with Crippen LogP contribution in [0.4, 0.5) is 0 Å². The summed E-state index contributed by atoms with van der Waals surface area (Å²) < 4.78 is 0. The first-order valence-electron chi connectivity index (χ1n) is 8.75. The van der Waals surface area contributed by atoms with E-state index in [1.807, 2.05) is 0 Å². The fraction of sp³-hybridized carbons (Fsp3) is 0.737. The van der Waals surface area contributed by atoms with Crippen LogP contribution in [-0.2, 0) is 4.79 Å². The SMILES string of the molecule is CCCCC/C=C/C/C=C/CCCCCCCCC(=O)Cl. The lowest BCUT2D eigenvalue weighted by atomic mass is 10.1. The first kappa shape index (κ1) is 20.4. The Morgan fingerprint density at radius 2 is 1.29 bits per heavy atom. The van der Waals surface area contributed by atoms with Crippen LogP contribution in [0.1, 0.15) is 90.4 Å². The first-order chi connectivity index (χ1) is 10.3. The lowest BCUT2D eigenvalue weighted by Crippen LogP contribution is -1.86. The van der Waals surface area contributed by atoms with Crippen LogP contribution < -0.4 is 0 Å². The molecule has 0 N–H and O–H groups in total. The summed E-state index contributed by atoms with van der Waals surface area (Å²) in [7, 11) is 0. The molecule has 122 valence electrons. The molecule has 0 saturated heterocycles. The minimum Gasteiger partial charge on any atom is -0.281 e. The topological polar surface area (TPSA) is 17.1 Å². The van der Waals surface area contributed by atoms with Gasteiger partial charge in [0.2, 0.25) is 5.24 Å². The highest BCUT2D eigenvalue weighted by Gasteiger charge is 1.95. The van der Waals surface area contributed by atoms with Crippen molar-refractivity contribution in [2.24, 2.45) is 0 Å².